The van der Waals surface area contributed by atoms with Crippen LogP contribution in [0.3, 0.4) is 0 Å². The molecule has 1 rings (SSSR count). The molecule has 1 aliphatic rings. The fraction of sp³-hybridized carbons (Fsp3) is 1.00. The van der Waals surface area contributed by atoms with Gasteiger partial charge in [0, 0.05) is 13.1 Å². The zero-order chi connectivity index (χ0) is 14.3. The topological polar surface area (TPSA) is 49.4 Å². The zero-order valence-corrected chi connectivity index (χ0v) is 13.5. The maximum atomic E-state index is 11.5. The monoisotopic (exact) mass is 290 g/mol. The van der Waals surface area contributed by atoms with Crippen LogP contribution in [0.1, 0.15) is 46.0 Å². The van der Waals surface area contributed by atoms with Crippen LogP contribution < -0.4 is 5.32 Å². The standard InChI is InChI=1S/C14H30N2O2S/c1-13(2)11-15-9-5-4-7-14-8-6-10-16(12-14)19(3,17)18/h13-15H,4-12H2,1-3H3. The lowest BCUT2D eigenvalue weighted by Crippen LogP contribution is -2.39. The van der Waals surface area contributed by atoms with Gasteiger partial charge in [0.05, 0.1) is 6.26 Å². The lowest BCUT2D eigenvalue weighted by Gasteiger charge is -2.30. The molecule has 1 saturated heterocycles. The van der Waals surface area contributed by atoms with Crippen LogP contribution in [0.5, 0.6) is 0 Å². The molecular formula is C14H30N2O2S. The predicted molar refractivity (Wildman–Crippen MR) is 80.7 cm³/mol. The van der Waals surface area contributed by atoms with Crippen molar-refractivity contribution in [2.45, 2.75) is 46.0 Å². The number of sulfonamides is 1. The minimum Gasteiger partial charge on any atom is -0.316 e. The summed E-state index contributed by atoms with van der Waals surface area (Å²) in [5, 5.41) is 3.45. The molecule has 0 aromatic heterocycles. The van der Waals surface area contributed by atoms with Crippen LogP contribution in [0, 0.1) is 11.8 Å². The van der Waals surface area contributed by atoms with Crippen LogP contribution in [0.15, 0.2) is 0 Å². The van der Waals surface area contributed by atoms with Crippen molar-refractivity contribution in [3.05, 3.63) is 0 Å². The Morgan fingerprint density at radius 1 is 1.32 bits per heavy atom. The van der Waals surface area contributed by atoms with E-state index in [1.807, 2.05) is 0 Å². The highest BCUT2D eigenvalue weighted by Crippen LogP contribution is 2.23. The molecule has 0 bridgehead atoms. The number of unbranched alkanes of at least 4 members (excludes halogenated alkanes) is 1. The summed E-state index contributed by atoms with van der Waals surface area (Å²) in [5.74, 6) is 1.27. The molecule has 4 nitrogen and oxygen atoms in total. The average molecular weight is 290 g/mol. The van der Waals surface area contributed by atoms with E-state index in [9.17, 15) is 8.42 Å². The number of nitrogens with one attached hydrogen (secondary N) is 1. The number of rotatable bonds is 8. The van der Waals surface area contributed by atoms with E-state index >= 15 is 0 Å². The van der Waals surface area contributed by atoms with Crippen LogP contribution in [0.2, 0.25) is 0 Å². The third-order valence-corrected chi connectivity index (χ3v) is 4.99. The summed E-state index contributed by atoms with van der Waals surface area (Å²) in [7, 11) is -2.99. The maximum absolute atomic E-state index is 11.5. The molecule has 5 heteroatoms. The molecule has 1 fully saturated rings. The van der Waals surface area contributed by atoms with E-state index in [-0.39, 0.29) is 0 Å². The van der Waals surface area contributed by atoms with Gasteiger partial charge >= 0.3 is 0 Å². The van der Waals surface area contributed by atoms with Crippen molar-refractivity contribution in [3.63, 3.8) is 0 Å². The van der Waals surface area contributed by atoms with Gasteiger partial charge in [-0.1, -0.05) is 20.3 Å². The van der Waals surface area contributed by atoms with Crippen LogP contribution in [0.25, 0.3) is 0 Å². The van der Waals surface area contributed by atoms with E-state index < -0.39 is 10.0 Å². The van der Waals surface area contributed by atoms with Gasteiger partial charge in [0.2, 0.25) is 10.0 Å². The molecule has 1 atom stereocenters. The average Bonchev–Trinajstić information content (AvgIpc) is 2.32. The summed E-state index contributed by atoms with van der Waals surface area (Å²) in [6.45, 7) is 8.05. The second kappa shape index (κ2) is 8.22. The van der Waals surface area contributed by atoms with E-state index in [1.165, 1.54) is 25.5 Å². The first kappa shape index (κ1) is 16.9. The molecule has 0 spiro atoms. The fourth-order valence-corrected chi connectivity index (χ4v) is 3.58. The normalized spacial score (nSPS) is 22.0. The van der Waals surface area contributed by atoms with Gasteiger partial charge in [-0.05, 0) is 50.6 Å². The Bertz CT molecular complexity index is 341. The molecule has 1 N–H and O–H groups in total. The third kappa shape index (κ3) is 7.28. The lowest BCUT2D eigenvalue weighted by molar-refractivity contribution is 0.252. The Balaban J connectivity index is 2.13. The molecule has 114 valence electrons. The molecule has 1 aliphatic heterocycles. The Morgan fingerprint density at radius 2 is 2.05 bits per heavy atom. The second-order valence-electron chi connectivity index (χ2n) is 6.22. The van der Waals surface area contributed by atoms with Crippen molar-refractivity contribution in [3.8, 4) is 0 Å². The van der Waals surface area contributed by atoms with Crippen molar-refractivity contribution in [2.75, 3.05) is 32.4 Å². The summed E-state index contributed by atoms with van der Waals surface area (Å²) < 4.78 is 24.7. The minimum atomic E-state index is -2.99. The van der Waals surface area contributed by atoms with Crippen molar-refractivity contribution in [1.29, 1.82) is 0 Å². The van der Waals surface area contributed by atoms with Crippen molar-refractivity contribution in [1.82, 2.24) is 9.62 Å². The zero-order valence-electron chi connectivity index (χ0n) is 12.7. The van der Waals surface area contributed by atoms with Crippen LogP contribution in [0.4, 0.5) is 0 Å². The van der Waals surface area contributed by atoms with E-state index in [2.05, 4.69) is 19.2 Å². The number of hydrogen-bond donors (Lipinski definition) is 1. The highest BCUT2D eigenvalue weighted by molar-refractivity contribution is 7.88. The summed E-state index contributed by atoms with van der Waals surface area (Å²) in [5.41, 5.74) is 0. The van der Waals surface area contributed by atoms with E-state index in [0.29, 0.717) is 18.4 Å². The van der Waals surface area contributed by atoms with Crippen molar-refractivity contribution < 1.29 is 8.42 Å². The van der Waals surface area contributed by atoms with Gasteiger partial charge in [0.1, 0.15) is 0 Å². The number of hydrogen-bond acceptors (Lipinski definition) is 3. The summed E-state index contributed by atoms with van der Waals surface area (Å²) in [6.07, 6.45) is 7.09. The molecule has 0 amide bonds. The van der Waals surface area contributed by atoms with Gasteiger partial charge in [-0.2, -0.15) is 0 Å². The number of nitrogens with zero attached hydrogens (tertiary/aromatic N) is 1. The van der Waals surface area contributed by atoms with Gasteiger partial charge in [0.25, 0.3) is 0 Å². The predicted octanol–water partition coefficient (Wildman–Crippen LogP) is 2.07. The first-order chi connectivity index (χ1) is 8.89. The Labute approximate surface area is 119 Å². The first-order valence-electron chi connectivity index (χ1n) is 7.55. The largest absolute Gasteiger partial charge is 0.316 e. The molecule has 0 radical (unpaired) electrons. The molecule has 0 aromatic rings. The quantitative estimate of drug-likeness (QED) is 0.696. The second-order valence-corrected chi connectivity index (χ2v) is 8.21. The molecule has 1 heterocycles. The van der Waals surface area contributed by atoms with Crippen LogP contribution >= 0.6 is 0 Å². The minimum absolute atomic E-state index is 0.563. The first-order valence-corrected chi connectivity index (χ1v) is 9.40. The summed E-state index contributed by atoms with van der Waals surface area (Å²) >= 11 is 0. The maximum Gasteiger partial charge on any atom is 0.211 e. The van der Waals surface area contributed by atoms with Crippen molar-refractivity contribution in [2.24, 2.45) is 11.8 Å². The number of piperidine rings is 1. The van der Waals surface area contributed by atoms with Gasteiger partial charge in [0.15, 0.2) is 0 Å². The Hall–Kier alpha value is -0.130. The molecule has 19 heavy (non-hydrogen) atoms. The Morgan fingerprint density at radius 3 is 2.68 bits per heavy atom. The third-order valence-electron chi connectivity index (χ3n) is 3.72. The summed E-state index contributed by atoms with van der Waals surface area (Å²) in [6, 6.07) is 0. The van der Waals surface area contributed by atoms with Gasteiger partial charge in [-0.15, -0.1) is 0 Å². The molecule has 0 aromatic carbocycles. The van der Waals surface area contributed by atoms with Crippen LogP contribution in [-0.4, -0.2) is 45.2 Å². The van der Waals surface area contributed by atoms with E-state index in [1.54, 1.807) is 4.31 Å². The van der Waals surface area contributed by atoms with Gasteiger partial charge in [-0.25, -0.2) is 12.7 Å². The molecule has 0 saturated carbocycles. The van der Waals surface area contributed by atoms with E-state index in [0.717, 1.165) is 32.5 Å². The molecular weight excluding hydrogens is 260 g/mol. The van der Waals surface area contributed by atoms with Crippen molar-refractivity contribution >= 4 is 10.0 Å². The van der Waals surface area contributed by atoms with Gasteiger partial charge in [-0.3, -0.25) is 0 Å². The van der Waals surface area contributed by atoms with Crippen LogP contribution in [-0.2, 0) is 10.0 Å². The smallest absolute Gasteiger partial charge is 0.211 e. The molecule has 0 aliphatic carbocycles. The summed E-state index contributed by atoms with van der Waals surface area (Å²) in [4.78, 5) is 0. The fourth-order valence-electron chi connectivity index (χ4n) is 2.64. The SMILES string of the molecule is CC(C)CNCCCCC1CCCN(S(C)(=O)=O)C1. The highest BCUT2D eigenvalue weighted by atomic mass is 32.2. The molecule has 1 unspecified atom stereocenters. The highest BCUT2D eigenvalue weighted by Gasteiger charge is 2.25. The lowest BCUT2D eigenvalue weighted by atomic mass is 9.94. The van der Waals surface area contributed by atoms with E-state index in [4.69, 9.17) is 0 Å². The van der Waals surface area contributed by atoms with Gasteiger partial charge < -0.3 is 5.32 Å². The Kier molecular flexibility index (Phi) is 7.32.